The lowest BCUT2D eigenvalue weighted by Crippen LogP contribution is -2.30. The summed E-state index contributed by atoms with van der Waals surface area (Å²) in [5, 5.41) is 0. The standard InChI is InChI=1S/C11H14FNO/c1-13(11-3-2-8-14-11)10-6-4-9(12)5-7-10/h4-7,11H,2-3,8H2,1H3. The fourth-order valence-electron chi connectivity index (χ4n) is 1.71. The van der Waals surface area contributed by atoms with Gasteiger partial charge in [0.2, 0.25) is 0 Å². The van der Waals surface area contributed by atoms with Gasteiger partial charge < -0.3 is 9.64 Å². The first-order valence-corrected chi connectivity index (χ1v) is 4.87. The molecule has 14 heavy (non-hydrogen) atoms. The molecule has 1 fully saturated rings. The number of anilines is 1. The Hall–Kier alpha value is -1.09. The van der Waals surface area contributed by atoms with Gasteiger partial charge in [-0.15, -0.1) is 0 Å². The second-order valence-electron chi connectivity index (χ2n) is 3.55. The Morgan fingerprint density at radius 1 is 1.36 bits per heavy atom. The first-order valence-electron chi connectivity index (χ1n) is 4.87. The summed E-state index contributed by atoms with van der Waals surface area (Å²) in [4.78, 5) is 2.05. The molecule has 2 rings (SSSR count). The molecule has 0 spiro atoms. The van der Waals surface area contributed by atoms with Crippen molar-refractivity contribution in [2.24, 2.45) is 0 Å². The van der Waals surface area contributed by atoms with Gasteiger partial charge in [0.25, 0.3) is 0 Å². The van der Waals surface area contributed by atoms with Crippen molar-refractivity contribution in [1.82, 2.24) is 0 Å². The van der Waals surface area contributed by atoms with Crippen molar-refractivity contribution < 1.29 is 9.13 Å². The third-order valence-electron chi connectivity index (χ3n) is 2.57. The lowest BCUT2D eigenvalue weighted by molar-refractivity contribution is 0.111. The van der Waals surface area contributed by atoms with Crippen molar-refractivity contribution in [2.45, 2.75) is 19.1 Å². The number of benzene rings is 1. The van der Waals surface area contributed by atoms with E-state index in [1.165, 1.54) is 12.1 Å². The van der Waals surface area contributed by atoms with E-state index in [-0.39, 0.29) is 12.0 Å². The van der Waals surface area contributed by atoms with Crippen molar-refractivity contribution in [1.29, 1.82) is 0 Å². The highest BCUT2D eigenvalue weighted by atomic mass is 19.1. The van der Waals surface area contributed by atoms with Crippen molar-refractivity contribution in [3.05, 3.63) is 30.1 Å². The van der Waals surface area contributed by atoms with Gasteiger partial charge in [0.1, 0.15) is 12.0 Å². The van der Waals surface area contributed by atoms with E-state index in [2.05, 4.69) is 0 Å². The van der Waals surface area contributed by atoms with Gasteiger partial charge >= 0.3 is 0 Å². The zero-order chi connectivity index (χ0) is 9.97. The van der Waals surface area contributed by atoms with Crippen molar-refractivity contribution >= 4 is 5.69 Å². The van der Waals surface area contributed by atoms with Crippen LogP contribution in [0.3, 0.4) is 0 Å². The number of ether oxygens (including phenoxy) is 1. The molecule has 0 N–H and O–H groups in total. The van der Waals surface area contributed by atoms with E-state index in [0.29, 0.717) is 0 Å². The third-order valence-corrected chi connectivity index (χ3v) is 2.57. The van der Waals surface area contributed by atoms with Gasteiger partial charge in [-0.25, -0.2) is 4.39 Å². The van der Waals surface area contributed by atoms with Crippen LogP contribution in [-0.4, -0.2) is 19.9 Å². The van der Waals surface area contributed by atoms with E-state index in [9.17, 15) is 4.39 Å². The molecule has 0 amide bonds. The Kier molecular flexibility index (Phi) is 2.68. The second kappa shape index (κ2) is 3.96. The van der Waals surface area contributed by atoms with Crippen LogP contribution in [0.5, 0.6) is 0 Å². The van der Waals surface area contributed by atoms with Gasteiger partial charge in [0, 0.05) is 19.3 Å². The van der Waals surface area contributed by atoms with E-state index in [4.69, 9.17) is 4.74 Å². The van der Waals surface area contributed by atoms with Crippen LogP contribution in [0, 0.1) is 5.82 Å². The summed E-state index contributed by atoms with van der Waals surface area (Å²) in [6.45, 7) is 0.830. The Bertz CT molecular complexity index is 293. The van der Waals surface area contributed by atoms with Crippen LogP contribution in [0.2, 0.25) is 0 Å². The molecule has 1 unspecified atom stereocenters. The summed E-state index contributed by atoms with van der Waals surface area (Å²) in [5.41, 5.74) is 0.998. The summed E-state index contributed by atoms with van der Waals surface area (Å²) in [5.74, 6) is -0.200. The minimum Gasteiger partial charge on any atom is -0.358 e. The zero-order valence-electron chi connectivity index (χ0n) is 8.24. The van der Waals surface area contributed by atoms with Crippen LogP contribution in [0.15, 0.2) is 24.3 Å². The van der Waals surface area contributed by atoms with Crippen LogP contribution in [0.25, 0.3) is 0 Å². The topological polar surface area (TPSA) is 12.5 Å². The molecule has 0 aromatic heterocycles. The first-order chi connectivity index (χ1) is 6.77. The first kappa shape index (κ1) is 9.46. The predicted molar refractivity (Wildman–Crippen MR) is 53.8 cm³/mol. The van der Waals surface area contributed by atoms with Crippen molar-refractivity contribution in [3.8, 4) is 0 Å². The van der Waals surface area contributed by atoms with Crippen LogP contribution >= 0.6 is 0 Å². The fourth-order valence-corrected chi connectivity index (χ4v) is 1.71. The van der Waals surface area contributed by atoms with Gasteiger partial charge in [-0.2, -0.15) is 0 Å². The van der Waals surface area contributed by atoms with Gasteiger partial charge in [-0.1, -0.05) is 0 Å². The molecule has 2 nitrogen and oxygen atoms in total. The smallest absolute Gasteiger partial charge is 0.129 e. The maximum atomic E-state index is 12.7. The summed E-state index contributed by atoms with van der Waals surface area (Å²) in [6.07, 6.45) is 2.31. The lowest BCUT2D eigenvalue weighted by atomic mass is 10.2. The minimum atomic E-state index is -0.200. The average Bonchev–Trinajstić information content (AvgIpc) is 2.71. The molecule has 1 aliphatic heterocycles. The number of hydrogen-bond acceptors (Lipinski definition) is 2. The Balaban J connectivity index is 2.09. The lowest BCUT2D eigenvalue weighted by Gasteiger charge is -2.25. The molecule has 1 aromatic rings. The van der Waals surface area contributed by atoms with Crippen LogP contribution in [-0.2, 0) is 4.74 Å². The van der Waals surface area contributed by atoms with Gasteiger partial charge in [-0.05, 0) is 37.1 Å². The second-order valence-corrected chi connectivity index (χ2v) is 3.55. The van der Waals surface area contributed by atoms with E-state index in [1.54, 1.807) is 12.1 Å². The van der Waals surface area contributed by atoms with Crippen LogP contribution in [0.4, 0.5) is 10.1 Å². The molecule has 0 saturated carbocycles. The number of rotatable bonds is 2. The number of halogens is 1. The van der Waals surface area contributed by atoms with Gasteiger partial charge in [0.05, 0.1) is 0 Å². The molecule has 1 aromatic carbocycles. The average molecular weight is 195 g/mol. The molecule has 1 heterocycles. The highest BCUT2D eigenvalue weighted by molar-refractivity contribution is 5.45. The maximum absolute atomic E-state index is 12.7. The summed E-state index contributed by atoms with van der Waals surface area (Å²) in [6, 6.07) is 6.50. The fraction of sp³-hybridized carbons (Fsp3) is 0.455. The van der Waals surface area contributed by atoms with Crippen LogP contribution in [0.1, 0.15) is 12.8 Å². The SMILES string of the molecule is CN(c1ccc(F)cc1)C1CCCO1. The molecule has 0 bridgehead atoms. The van der Waals surface area contributed by atoms with E-state index >= 15 is 0 Å². The third kappa shape index (κ3) is 1.87. The number of hydrogen-bond donors (Lipinski definition) is 0. The highest BCUT2D eigenvalue weighted by Crippen LogP contribution is 2.22. The monoisotopic (exact) mass is 195 g/mol. The predicted octanol–water partition coefficient (Wildman–Crippen LogP) is 2.40. The van der Waals surface area contributed by atoms with Crippen molar-refractivity contribution in [3.63, 3.8) is 0 Å². The molecular formula is C11H14FNO. The highest BCUT2D eigenvalue weighted by Gasteiger charge is 2.20. The molecule has 76 valence electrons. The maximum Gasteiger partial charge on any atom is 0.129 e. The Morgan fingerprint density at radius 3 is 2.64 bits per heavy atom. The van der Waals surface area contributed by atoms with Gasteiger partial charge in [0.15, 0.2) is 0 Å². The summed E-state index contributed by atoms with van der Waals surface area (Å²) in [7, 11) is 1.98. The molecule has 1 atom stereocenters. The van der Waals surface area contributed by atoms with E-state index in [0.717, 1.165) is 25.1 Å². The quantitative estimate of drug-likeness (QED) is 0.718. The largest absolute Gasteiger partial charge is 0.358 e. The molecule has 3 heteroatoms. The molecule has 0 radical (unpaired) electrons. The number of nitrogens with zero attached hydrogens (tertiary/aromatic N) is 1. The Morgan fingerprint density at radius 2 is 2.07 bits per heavy atom. The van der Waals surface area contributed by atoms with E-state index in [1.807, 2.05) is 11.9 Å². The molecule has 1 aliphatic rings. The van der Waals surface area contributed by atoms with Crippen molar-refractivity contribution in [2.75, 3.05) is 18.6 Å². The van der Waals surface area contributed by atoms with E-state index < -0.39 is 0 Å². The normalized spacial score (nSPS) is 21.1. The molecule has 1 saturated heterocycles. The summed E-state index contributed by atoms with van der Waals surface area (Å²) >= 11 is 0. The zero-order valence-corrected chi connectivity index (χ0v) is 8.24. The molecular weight excluding hydrogens is 181 g/mol. The van der Waals surface area contributed by atoms with Gasteiger partial charge in [-0.3, -0.25) is 0 Å². The molecule has 0 aliphatic carbocycles. The summed E-state index contributed by atoms with van der Waals surface area (Å²) < 4.78 is 18.2. The minimum absolute atomic E-state index is 0.153. The van der Waals surface area contributed by atoms with Crippen LogP contribution < -0.4 is 4.90 Å². The Labute approximate surface area is 83.3 Å².